The molecule has 0 saturated heterocycles. The summed E-state index contributed by atoms with van der Waals surface area (Å²) < 4.78 is 6.27. The number of H-pyrrole nitrogens is 1. The number of ether oxygens (including phenoxy) is 1. The van der Waals surface area contributed by atoms with Crippen LogP contribution in [0.5, 0.6) is 0 Å². The normalized spacial score (nSPS) is 9.71. The Kier molecular flexibility index (Phi) is 3.26. The molecule has 0 bridgehead atoms. The molecular weight excluding hydrogens is 184 g/mol. The Morgan fingerprint density at radius 1 is 1.64 bits per heavy atom. The zero-order valence-electron chi connectivity index (χ0n) is 7.74. The van der Waals surface area contributed by atoms with E-state index in [-0.39, 0.29) is 13.3 Å². The van der Waals surface area contributed by atoms with Crippen molar-refractivity contribution < 1.29 is 4.74 Å². The van der Waals surface area contributed by atoms with E-state index in [4.69, 9.17) is 11.2 Å². The van der Waals surface area contributed by atoms with E-state index in [1.165, 1.54) is 10.6 Å². The number of aromatic amines is 1. The van der Waals surface area contributed by atoms with Crippen LogP contribution >= 0.6 is 0 Å². The van der Waals surface area contributed by atoms with Crippen LogP contribution in [0, 0.1) is 19.3 Å². The molecule has 14 heavy (non-hydrogen) atoms. The molecule has 0 atom stereocenters. The Balaban J connectivity index is 2.93. The van der Waals surface area contributed by atoms with Gasteiger partial charge < -0.3 is 4.74 Å². The number of aromatic nitrogens is 2. The fourth-order valence-electron chi connectivity index (χ4n) is 0.993. The number of hydrogen-bond acceptors (Lipinski definition) is 3. The molecule has 0 radical (unpaired) electrons. The quantitative estimate of drug-likeness (QED) is 0.518. The van der Waals surface area contributed by atoms with Crippen molar-refractivity contribution in [3.8, 4) is 12.3 Å². The first-order valence-corrected chi connectivity index (χ1v) is 3.97. The van der Waals surface area contributed by atoms with Gasteiger partial charge in [-0.15, -0.1) is 6.42 Å². The highest BCUT2D eigenvalue weighted by Gasteiger charge is 2.00. The predicted molar refractivity (Wildman–Crippen MR) is 50.8 cm³/mol. The molecule has 0 aliphatic heterocycles. The van der Waals surface area contributed by atoms with E-state index >= 15 is 0 Å². The number of rotatable bonds is 3. The summed E-state index contributed by atoms with van der Waals surface area (Å²) in [7, 11) is 0. The highest BCUT2D eigenvalue weighted by Crippen LogP contribution is 1.89. The minimum Gasteiger partial charge on any atom is -0.348 e. The minimum atomic E-state index is -0.493. The van der Waals surface area contributed by atoms with E-state index in [1.54, 1.807) is 6.92 Å². The Morgan fingerprint density at radius 3 is 2.93 bits per heavy atom. The molecule has 0 aromatic carbocycles. The lowest BCUT2D eigenvalue weighted by Crippen LogP contribution is -2.31. The molecule has 0 spiro atoms. The van der Waals surface area contributed by atoms with E-state index in [0.717, 1.165) is 0 Å². The second kappa shape index (κ2) is 4.44. The maximum Gasteiger partial charge on any atom is 0.330 e. The van der Waals surface area contributed by atoms with Crippen LogP contribution in [0.3, 0.4) is 0 Å². The zero-order chi connectivity index (χ0) is 10.6. The van der Waals surface area contributed by atoms with Crippen molar-refractivity contribution in [2.24, 2.45) is 0 Å². The molecule has 1 aromatic rings. The SMILES string of the molecule is C#CCOCn1c(C)cc(=O)[nH]c1=O. The van der Waals surface area contributed by atoms with Crippen LogP contribution < -0.4 is 11.2 Å². The van der Waals surface area contributed by atoms with Crippen LogP contribution in [0.15, 0.2) is 15.7 Å². The summed E-state index contributed by atoms with van der Waals surface area (Å²) in [5, 5.41) is 0. The van der Waals surface area contributed by atoms with Gasteiger partial charge in [0.25, 0.3) is 5.56 Å². The minimum absolute atomic E-state index is 0.0473. The lowest BCUT2D eigenvalue weighted by atomic mass is 10.4. The third kappa shape index (κ3) is 2.34. The summed E-state index contributed by atoms with van der Waals surface area (Å²) in [4.78, 5) is 24.2. The predicted octanol–water partition coefficient (Wildman–Crippen LogP) is -0.548. The smallest absolute Gasteiger partial charge is 0.330 e. The molecule has 1 heterocycles. The zero-order valence-corrected chi connectivity index (χ0v) is 7.74. The van der Waals surface area contributed by atoms with Crippen molar-refractivity contribution in [2.45, 2.75) is 13.7 Å². The van der Waals surface area contributed by atoms with Gasteiger partial charge in [-0.1, -0.05) is 5.92 Å². The fourth-order valence-corrected chi connectivity index (χ4v) is 0.993. The van der Waals surface area contributed by atoms with Gasteiger partial charge in [-0.25, -0.2) is 4.79 Å². The van der Waals surface area contributed by atoms with Crippen molar-refractivity contribution in [3.05, 3.63) is 32.6 Å². The first-order chi connectivity index (χ1) is 6.65. The second-order valence-electron chi connectivity index (χ2n) is 2.69. The van der Waals surface area contributed by atoms with E-state index in [1.807, 2.05) is 0 Å². The molecule has 0 unspecified atom stereocenters. The third-order valence-corrected chi connectivity index (χ3v) is 1.65. The van der Waals surface area contributed by atoms with Crippen LogP contribution in [0.4, 0.5) is 0 Å². The molecule has 1 rings (SSSR count). The molecule has 5 heteroatoms. The van der Waals surface area contributed by atoms with Crippen LogP contribution in [-0.4, -0.2) is 16.2 Å². The molecule has 0 aliphatic rings. The van der Waals surface area contributed by atoms with E-state index in [9.17, 15) is 9.59 Å². The molecule has 74 valence electrons. The van der Waals surface area contributed by atoms with E-state index in [0.29, 0.717) is 5.69 Å². The Hall–Kier alpha value is -1.80. The van der Waals surface area contributed by atoms with Gasteiger partial charge in [0, 0.05) is 11.8 Å². The lowest BCUT2D eigenvalue weighted by molar-refractivity contribution is 0.0988. The highest BCUT2D eigenvalue weighted by atomic mass is 16.5. The standard InChI is InChI=1S/C9H10N2O3/c1-3-4-14-6-11-7(2)5-8(12)10-9(11)13/h1,5H,4,6H2,2H3,(H,10,12,13). The van der Waals surface area contributed by atoms with Gasteiger partial charge in [-0.05, 0) is 6.92 Å². The van der Waals surface area contributed by atoms with Crippen molar-refractivity contribution in [3.63, 3.8) is 0 Å². The van der Waals surface area contributed by atoms with Crippen molar-refractivity contribution in [1.29, 1.82) is 0 Å². The average Bonchev–Trinajstić information content (AvgIpc) is 2.09. The topological polar surface area (TPSA) is 64.1 Å². The van der Waals surface area contributed by atoms with Gasteiger partial charge in [-0.3, -0.25) is 14.3 Å². The van der Waals surface area contributed by atoms with Gasteiger partial charge in [0.2, 0.25) is 0 Å². The van der Waals surface area contributed by atoms with Gasteiger partial charge >= 0.3 is 5.69 Å². The molecule has 1 aromatic heterocycles. The maximum atomic E-state index is 11.2. The largest absolute Gasteiger partial charge is 0.348 e. The van der Waals surface area contributed by atoms with Crippen molar-refractivity contribution in [1.82, 2.24) is 9.55 Å². The Labute approximate surface area is 80.3 Å². The van der Waals surface area contributed by atoms with Gasteiger partial charge in [0.15, 0.2) is 0 Å². The third-order valence-electron chi connectivity index (χ3n) is 1.65. The summed E-state index contributed by atoms with van der Waals surface area (Å²) in [6.07, 6.45) is 4.97. The highest BCUT2D eigenvalue weighted by molar-refractivity contribution is 4.97. The summed E-state index contributed by atoms with van der Waals surface area (Å²) in [6, 6.07) is 1.32. The van der Waals surface area contributed by atoms with Crippen LogP contribution in [0.1, 0.15) is 5.69 Å². The molecule has 1 N–H and O–H groups in total. The summed E-state index contributed by atoms with van der Waals surface area (Å²) in [6.45, 7) is 1.83. The Bertz CT molecular complexity index is 464. The van der Waals surface area contributed by atoms with E-state index in [2.05, 4.69) is 10.9 Å². The number of nitrogens with one attached hydrogen (secondary N) is 1. The number of aryl methyl sites for hydroxylation is 1. The number of hydrogen-bond donors (Lipinski definition) is 1. The van der Waals surface area contributed by atoms with Crippen LogP contribution in [0.2, 0.25) is 0 Å². The molecule has 0 fully saturated rings. The lowest BCUT2D eigenvalue weighted by Gasteiger charge is -2.07. The summed E-state index contributed by atoms with van der Waals surface area (Å²) in [5.74, 6) is 2.28. The van der Waals surface area contributed by atoms with Gasteiger partial charge in [0.05, 0.1) is 0 Å². The van der Waals surface area contributed by atoms with Crippen molar-refractivity contribution in [2.75, 3.05) is 6.61 Å². The average molecular weight is 194 g/mol. The van der Waals surface area contributed by atoms with Crippen molar-refractivity contribution >= 4 is 0 Å². The van der Waals surface area contributed by atoms with E-state index < -0.39 is 11.2 Å². The first kappa shape index (κ1) is 10.3. The second-order valence-corrected chi connectivity index (χ2v) is 2.69. The number of terminal acetylenes is 1. The molecule has 0 aliphatic carbocycles. The number of nitrogens with zero attached hydrogens (tertiary/aromatic N) is 1. The van der Waals surface area contributed by atoms with Gasteiger partial charge in [0.1, 0.15) is 13.3 Å². The molecule has 0 amide bonds. The molecule has 5 nitrogen and oxygen atoms in total. The molecule has 0 saturated carbocycles. The Morgan fingerprint density at radius 2 is 2.36 bits per heavy atom. The maximum absolute atomic E-state index is 11.2. The first-order valence-electron chi connectivity index (χ1n) is 3.97. The van der Waals surface area contributed by atoms with Crippen LogP contribution in [0.25, 0.3) is 0 Å². The molecular formula is C9H10N2O3. The van der Waals surface area contributed by atoms with Gasteiger partial charge in [-0.2, -0.15) is 0 Å². The monoisotopic (exact) mass is 194 g/mol. The fraction of sp³-hybridized carbons (Fsp3) is 0.333. The summed E-state index contributed by atoms with van der Waals surface area (Å²) >= 11 is 0. The van der Waals surface area contributed by atoms with Crippen LogP contribution in [-0.2, 0) is 11.5 Å². The summed E-state index contributed by atoms with van der Waals surface area (Å²) in [5.41, 5.74) is -0.372.